The third kappa shape index (κ3) is 6.22. The normalized spacial score (nSPS) is 11.6. The predicted octanol–water partition coefficient (Wildman–Crippen LogP) is 16.2. The molecule has 308 valence electrons. The van der Waals surface area contributed by atoms with E-state index in [-0.39, 0.29) is 0 Å². The molecular weight excluding hydrogens is 801 g/mol. The van der Waals surface area contributed by atoms with Crippen molar-refractivity contribution in [2.24, 2.45) is 0 Å². The highest BCUT2D eigenvalue weighted by Crippen LogP contribution is 2.41. The van der Waals surface area contributed by atoms with E-state index in [1.807, 2.05) is 18.2 Å². The van der Waals surface area contributed by atoms with Crippen LogP contribution >= 0.6 is 0 Å². The lowest BCUT2D eigenvalue weighted by molar-refractivity contribution is 1.13. The van der Waals surface area contributed by atoms with Crippen molar-refractivity contribution in [1.29, 1.82) is 0 Å². The Kier molecular flexibility index (Phi) is 8.81. The van der Waals surface area contributed by atoms with Crippen molar-refractivity contribution in [3.63, 3.8) is 0 Å². The summed E-state index contributed by atoms with van der Waals surface area (Å²) in [5.74, 6) is 0.691. The molecule has 0 saturated carbocycles. The fourth-order valence-corrected chi connectivity index (χ4v) is 10.1. The molecule has 0 spiro atoms. The lowest BCUT2D eigenvalue weighted by Crippen LogP contribution is -2.00. The van der Waals surface area contributed by atoms with Crippen LogP contribution in [0.4, 0.5) is 0 Å². The second-order valence-corrected chi connectivity index (χ2v) is 17.0. The van der Waals surface area contributed by atoms with Gasteiger partial charge in [-0.3, -0.25) is 0 Å². The molecular formula is C62H40N4. The van der Waals surface area contributed by atoms with Crippen LogP contribution in [0.3, 0.4) is 0 Å². The molecule has 66 heavy (non-hydrogen) atoms. The first-order valence-corrected chi connectivity index (χ1v) is 22.5. The number of rotatable bonds is 7. The van der Waals surface area contributed by atoms with Crippen molar-refractivity contribution in [1.82, 2.24) is 19.1 Å². The Labute approximate surface area is 382 Å². The van der Waals surface area contributed by atoms with Crippen molar-refractivity contribution < 1.29 is 0 Å². The van der Waals surface area contributed by atoms with Crippen LogP contribution in [-0.2, 0) is 0 Å². The average molecular weight is 841 g/mol. The first-order chi connectivity index (χ1) is 32.7. The molecule has 0 aliphatic heterocycles. The Bertz CT molecular complexity index is 3750. The van der Waals surface area contributed by atoms with Gasteiger partial charge >= 0.3 is 0 Å². The predicted molar refractivity (Wildman–Crippen MR) is 275 cm³/mol. The van der Waals surface area contributed by atoms with Crippen molar-refractivity contribution in [3.8, 4) is 67.5 Å². The zero-order chi connectivity index (χ0) is 43.6. The fraction of sp³-hybridized carbons (Fsp3) is 0. The fourth-order valence-electron chi connectivity index (χ4n) is 10.1. The zero-order valence-electron chi connectivity index (χ0n) is 35.9. The smallest absolute Gasteiger partial charge is 0.160 e. The molecule has 0 aliphatic rings. The van der Waals surface area contributed by atoms with Gasteiger partial charge in [-0.15, -0.1) is 0 Å². The number of para-hydroxylation sites is 4. The second-order valence-electron chi connectivity index (χ2n) is 17.0. The van der Waals surface area contributed by atoms with Gasteiger partial charge in [0.25, 0.3) is 0 Å². The Hall–Kier alpha value is -8.86. The highest BCUT2D eigenvalue weighted by atomic mass is 15.0. The van der Waals surface area contributed by atoms with Gasteiger partial charge in [0.2, 0.25) is 0 Å². The SMILES string of the molecule is c1ccc(-c2cccc(-c3cc(-c4ccc(-c5cc(-n6c7ccccc7c7ccccc76)cc(-n6c7ccccc7c7ccccc76)c5)c5ccccc45)nc(-c4ccccc4)n3)c2)cc1. The summed E-state index contributed by atoms with van der Waals surface area (Å²) in [6.07, 6.45) is 0. The van der Waals surface area contributed by atoms with Crippen molar-refractivity contribution in [2.45, 2.75) is 0 Å². The van der Waals surface area contributed by atoms with E-state index in [9.17, 15) is 0 Å². The minimum atomic E-state index is 0.691. The minimum Gasteiger partial charge on any atom is -0.309 e. The van der Waals surface area contributed by atoms with Crippen LogP contribution in [0.1, 0.15) is 0 Å². The Morgan fingerprint density at radius 2 is 0.652 bits per heavy atom. The quantitative estimate of drug-likeness (QED) is 0.160. The average Bonchev–Trinajstić information content (AvgIpc) is 3.92. The first-order valence-electron chi connectivity index (χ1n) is 22.5. The molecule has 0 radical (unpaired) electrons. The molecule has 0 aliphatic carbocycles. The molecule has 0 N–H and O–H groups in total. The van der Waals surface area contributed by atoms with Gasteiger partial charge in [-0.25, -0.2) is 9.97 Å². The lowest BCUT2D eigenvalue weighted by atomic mass is 9.92. The van der Waals surface area contributed by atoms with Gasteiger partial charge in [-0.2, -0.15) is 0 Å². The molecule has 0 saturated heterocycles. The van der Waals surface area contributed by atoms with E-state index < -0.39 is 0 Å². The van der Waals surface area contributed by atoms with Gasteiger partial charge < -0.3 is 9.13 Å². The number of hydrogen-bond donors (Lipinski definition) is 0. The van der Waals surface area contributed by atoms with E-state index in [4.69, 9.17) is 9.97 Å². The van der Waals surface area contributed by atoms with Gasteiger partial charge in [0.15, 0.2) is 5.82 Å². The summed E-state index contributed by atoms with van der Waals surface area (Å²) < 4.78 is 4.87. The highest BCUT2D eigenvalue weighted by molar-refractivity contribution is 6.11. The minimum absolute atomic E-state index is 0.691. The third-order valence-electron chi connectivity index (χ3n) is 13.1. The van der Waals surface area contributed by atoms with Gasteiger partial charge in [0, 0.05) is 49.6 Å². The monoisotopic (exact) mass is 840 g/mol. The molecule has 0 bridgehead atoms. The molecule has 13 rings (SSSR count). The van der Waals surface area contributed by atoms with E-state index in [1.54, 1.807) is 0 Å². The van der Waals surface area contributed by atoms with Crippen LogP contribution in [0.15, 0.2) is 243 Å². The Balaban J connectivity index is 1.05. The summed E-state index contributed by atoms with van der Waals surface area (Å²) in [5.41, 5.74) is 16.3. The summed E-state index contributed by atoms with van der Waals surface area (Å²) in [5, 5.41) is 7.21. The molecule has 13 aromatic rings. The van der Waals surface area contributed by atoms with Crippen LogP contribution in [-0.4, -0.2) is 19.1 Å². The maximum Gasteiger partial charge on any atom is 0.160 e. The van der Waals surface area contributed by atoms with Crippen LogP contribution < -0.4 is 0 Å². The first kappa shape index (κ1) is 37.7. The van der Waals surface area contributed by atoms with Crippen LogP contribution in [0, 0.1) is 0 Å². The van der Waals surface area contributed by atoms with Crippen LogP contribution in [0.25, 0.3) is 122 Å². The maximum atomic E-state index is 5.33. The van der Waals surface area contributed by atoms with E-state index in [0.717, 1.165) is 66.9 Å². The summed E-state index contributed by atoms with van der Waals surface area (Å²) >= 11 is 0. The van der Waals surface area contributed by atoms with E-state index in [0.29, 0.717) is 5.82 Å². The summed E-state index contributed by atoms with van der Waals surface area (Å²) in [6.45, 7) is 0. The second kappa shape index (κ2) is 15.4. The van der Waals surface area contributed by atoms with Crippen molar-refractivity contribution >= 4 is 54.4 Å². The third-order valence-corrected chi connectivity index (χ3v) is 13.1. The highest BCUT2D eigenvalue weighted by Gasteiger charge is 2.20. The Morgan fingerprint density at radius 3 is 1.20 bits per heavy atom. The summed E-state index contributed by atoms with van der Waals surface area (Å²) in [6, 6.07) is 87.1. The summed E-state index contributed by atoms with van der Waals surface area (Å²) in [7, 11) is 0. The molecule has 10 aromatic carbocycles. The number of nitrogens with zero attached hydrogens (tertiary/aromatic N) is 4. The number of aromatic nitrogens is 4. The van der Waals surface area contributed by atoms with Crippen molar-refractivity contribution in [3.05, 3.63) is 243 Å². The Morgan fingerprint density at radius 1 is 0.242 bits per heavy atom. The number of hydrogen-bond acceptors (Lipinski definition) is 2. The van der Waals surface area contributed by atoms with Crippen molar-refractivity contribution in [2.75, 3.05) is 0 Å². The van der Waals surface area contributed by atoms with E-state index >= 15 is 0 Å². The lowest BCUT2D eigenvalue weighted by Gasteiger charge is -2.18. The van der Waals surface area contributed by atoms with E-state index in [2.05, 4.69) is 234 Å². The number of fused-ring (bicyclic) bond motifs is 7. The molecule has 4 nitrogen and oxygen atoms in total. The van der Waals surface area contributed by atoms with Crippen LogP contribution in [0.5, 0.6) is 0 Å². The molecule has 0 amide bonds. The van der Waals surface area contributed by atoms with Gasteiger partial charge in [0.05, 0.1) is 33.5 Å². The van der Waals surface area contributed by atoms with Gasteiger partial charge in [0.1, 0.15) is 0 Å². The van der Waals surface area contributed by atoms with Crippen LogP contribution in [0.2, 0.25) is 0 Å². The molecule has 0 fully saturated rings. The topological polar surface area (TPSA) is 35.6 Å². The largest absolute Gasteiger partial charge is 0.309 e. The maximum absolute atomic E-state index is 5.33. The standard InChI is InChI=1S/C62H40N4/c1-3-18-41(19-4-1)43-22-17-23-44(36-43)56-40-57(64-62(63-56)42-20-5-2-6-21-42)51-35-34-48(49-24-7-8-25-50(49)51)45-37-46(65-58-30-13-9-26-52(58)53-27-10-14-31-59(53)65)39-47(38-45)66-60-32-15-11-28-54(60)55-29-12-16-33-61(55)66/h1-40H. The molecule has 3 heterocycles. The molecule has 0 atom stereocenters. The van der Waals surface area contributed by atoms with E-state index in [1.165, 1.54) is 49.2 Å². The molecule has 3 aromatic heterocycles. The van der Waals surface area contributed by atoms with Gasteiger partial charge in [-0.05, 0) is 87.6 Å². The summed E-state index contributed by atoms with van der Waals surface area (Å²) in [4.78, 5) is 10.5. The molecule has 0 unspecified atom stereocenters. The van der Waals surface area contributed by atoms with Gasteiger partial charge in [-0.1, -0.05) is 188 Å². The number of benzene rings is 10. The zero-order valence-corrected chi connectivity index (χ0v) is 35.9. The molecule has 4 heteroatoms.